The van der Waals surface area contributed by atoms with Crippen LogP contribution in [-0.2, 0) is 0 Å². The second-order valence-electron chi connectivity index (χ2n) is 3.00. The van der Waals surface area contributed by atoms with Gasteiger partial charge in [0.05, 0.1) is 11.9 Å². The fourth-order valence-corrected chi connectivity index (χ4v) is 1.33. The number of hydrazine groups is 1. The third-order valence-electron chi connectivity index (χ3n) is 2.05. The maximum Gasteiger partial charge on any atom is 0.112 e. The van der Waals surface area contributed by atoms with Gasteiger partial charge < -0.3 is 10.5 Å². The smallest absolute Gasteiger partial charge is 0.112 e. The van der Waals surface area contributed by atoms with Crippen LogP contribution in [0.25, 0.3) is 0 Å². The SMILES string of the molecule is OC1=CNN(c2ccccc2)CC1. The molecule has 0 aromatic heterocycles. The van der Waals surface area contributed by atoms with E-state index in [2.05, 4.69) is 5.43 Å². The summed E-state index contributed by atoms with van der Waals surface area (Å²) < 4.78 is 0. The lowest BCUT2D eigenvalue weighted by atomic mass is 10.2. The van der Waals surface area contributed by atoms with E-state index in [1.165, 1.54) is 0 Å². The topological polar surface area (TPSA) is 35.5 Å². The summed E-state index contributed by atoms with van der Waals surface area (Å²) in [5.74, 6) is 0.409. The molecule has 0 saturated carbocycles. The molecule has 0 saturated heterocycles. The first-order valence-corrected chi connectivity index (χ1v) is 4.33. The zero-order valence-corrected chi connectivity index (χ0v) is 7.27. The van der Waals surface area contributed by atoms with E-state index in [0.29, 0.717) is 12.2 Å². The van der Waals surface area contributed by atoms with Gasteiger partial charge in [0.1, 0.15) is 5.76 Å². The Labute approximate surface area is 77.3 Å². The van der Waals surface area contributed by atoms with Gasteiger partial charge in [0.15, 0.2) is 0 Å². The number of hydrogen-bond acceptors (Lipinski definition) is 3. The van der Waals surface area contributed by atoms with E-state index < -0.39 is 0 Å². The first-order valence-electron chi connectivity index (χ1n) is 4.33. The summed E-state index contributed by atoms with van der Waals surface area (Å²) in [6, 6.07) is 10.0. The van der Waals surface area contributed by atoms with Crippen LogP contribution in [0, 0.1) is 0 Å². The maximum atomic E-state index is 9.15. The predicted octanol–water partition coefficient (Wildman–Crippen LogP) is 1.80. The summed E-state index contributed by atoms with van der Waals surface area (Å²) in [5.41, 5.74) is 4.12. The van der Waals surface area contributed by atoms with Crippen molar-refractivity contribution in [3.63, 3.8) is 0 Å². The monoisotopic (exact) mass is 176 g/mol. The van der Waals surface area contributed by atoms with Gasteiger partial charge in [0.25, 0.3) is 0 Å². The number of aliphatic hydroxyl groups is 1. The lowest BCUT2D eigenvalue weighted by Gasteiger charge is -2.27. The average molecular weight is 176 g/mol. The van der Waals surface area contributed by atoms with Gasteiger partial charge >= 0.3 is 0 Å². The molecule has 1 aromatic carbocycles. The number of aliphatic hydroxyl groups excluding tert-OH is 1. The van der Waals surface area contributed by atoms with E-state index in [1.54, 1.807) is 6.20 Å². The Morgan fingerprint density at radius 2 is 2.00 bits per heavy atom. The van der Waals surface area contributed by atoms with Crippen LogP contribution in [0.4, 0.5) is 5.69 Å². The number of hydrogen-bond donors (Lipinski definition) is 2. The van der Waals surface area contributed by atoms with Gasteiger partial charge in [-0.3, -0.25) is 5.01 Å². The Morgan fingerprint density at radius 3 is 2.62 bits per heavy atom. The Morgan fingerprint density at radius 1 is 1.23 bits per heavy atom. The maximum absolute atomic E-state index is 9.15. The molecule has 0 spiro atoms. The van der Waals surface area contributed by atoms with E-state index >= 15 is 0 Å². The second kappa shape index (κ2) is 3.39. The van der Waals surface area contributed by atoms with Crippen molar-refractivity contribution in [2.45, 2.75) is 6.42 Å². The highest BCUT2D eigenvalue weighted by Gasteiger charge is 2.09. The highest BCUT2D eigenvalue weighted by molar-refractivity contribution is 5.45. The molecule has 0 bridgehead atoms. The predicted molar refractivity (Wildman–Crippen MR) is 52.3 cm³/mol. The molecule has 1 aliphatic rings. The molecule has 0 amide bonds. The van der Waals surface area contributed by atoms with E-state index in [0.717, 1.165) is 12.2 Å². The fourth-order valence-electron chi connectivity index (χ4n) is 1.33. The molecular weight excluding hydrogens is 164 g/mol. The number of rotatable bonds is 1. The van der Waals surface area contributed by atoms with Crippen LogP contribution in [-0.4, -0.2) is 11.7 Å². The van der Waals surface area contributed by atoms with E-state index in [1.807, 2.05) is 35.3 Å². The summed E-state index contributed by atoms with van der Waals surface area (Å²) in [5, 5.41) is 11.1. The number of nitrogens with zero attached hydrogens (tertiary/aromatic N) is 1. The molecule has 0 fully saturated rings. The van der Waals surface area contributed by atoms with Crippen LogP contribution < -0.4 is 10.4 Å². The molecular formula is C10H12N2O. The number of para-hydroxylation sites is 1. The minimum absolute atomic E-state index is 0.409. The van der Waals surface area contributed by atoms with Crippen molar-refractivity contribution in [2.24, 2.45) is 0 Å². The highest BCUT2D eigenvalue weighted by Crippen LogP contribution is 2.14. The molecule has 3 heteroatoms. The summed E-state index contributed by atoms with van der Waals surface area (Å²) in [7, 11) is 0. The molecule has 1 heterocycles. The molecule has 2 N–H and O–H groups in total. The Kier molecular flexibility index (Phi) is 2.08. The molecule has 68 valence electrons. The minimum atomic E-state index is 0.409. The first kappa shape index (κ1) is 7.98. The van der Waals surface area contributed by atoms with Crippen LogP contribution in [0.3, 0.4) is 0 Å². The highest BCUT2D eigenvalue weighted by atomic mass is 16.3. The number of benzene rings is 1. The van der Waals surface area contributed by atoms with Crippen LogP contribution in [0.5, 0.6) is 0 Å². The Bertz CT molecular complexity index is 308. The number of nitrogens with one attached hydrogen (secondary N) is 1. The molecule has 0 atom stereocenters. The quantitative estimate of drug-likeness (QED) is 0.685. The van der Waals surface area contributed by atoms with E-state index in [4.69, 9.17) is 5.11 Å². The Balaban J connectivity index is 2.12. The van der Waals surface area contributed by atoms with Crippen molar-refractivity contribution in [3.8, 4) is 0 Å². The summed E-state index contributed by atoms with van der Waals surface area (Å²) in [6.07, 6.45) is 2.32. The van der Waals surface area contributed by atoms with Crippen LogP contribution in [0.2, 0.25) is 0 Å². The molecule has 3 nitrogen and oxygen atoms in total. The van der Waals surface area contributed by atoms with Crippen molar-refractivity contribution in [1.82, 2.24) is 5.43 Å². The molecule has 0 aliphatic carbocycles. The molecule has 13 heavy (non-hydrogen) atoms. The average Bonchev–Trinajstić information content (AvgIpc) is 2.20. The third-order valence-corrected chi connectivity index (χ3v) is 2.05. The standard InChI is InChI=1S/C10H12N2O/c13-10-6-7-12(11-8-10)9-4-2-1-3-5-9/h1-5,8,11,13H,6-7H2. The van der Waals surface area contributed by atoms with E-state index in [9.17, 15) is 0 Å². The minimum Gasteiger partial charge on any atom is -0.511 e. The lowest BCUT2D eigenvalue weighted by Crippen LogP contribution is -2.38. The molecule has 2 rings (SSSR count). The van der Waals surface area contributed by atoms with Gasteiger partial charge in [-0.2, -0.15) is 0 Å². The third kappa shape index (κ3) is 1.75. The lowest BCUT2D eigenvalue weighted by molar-refractivity contribution is 0.370. The Hall–Kier alpha value is -1.64. The number of anilines is 1. The van der Waals surface area contributed by atoms with Gasteiger partial charge in [-0.1, -0.05) is 18.2 Å². The normalized spacial score (nSPS) is 16.3. The molecule has 0 unspecified atom stereocenters. The molecule has 1 aliphatic heterocycles. The largest absolute Gasteiger partial charge is 0.511 e. The van der Waals surface area contributed by atoms with Crippen molar-refractivity contribution >= 4 is 5.69 Å². The van der Waals surface area contributed by atoms with Crippen LogP contribution in [0.15, 0.2) is 42.3 Å². The zero-order chi connectivity index (χ0) is 9.10. The van der Waals surface area contributed by atoms with Gasteiger partial charge in [-0.05, 0) is 12.1 Å². The first-order chi connectivity index (χ1) is 6.36. The summed E-state index contributed by atoms with van der Waals surface area (Å²) in [4.78, 5) is 0. The van der Waals surface area contributed by atoms with Gasteiger partial charge in [-0.25, -0.2) is 0 Å². The van der Waals surface area contributed by atoms with Gasteiger partial charge in [0.2, 0.25) is 0 Å². The fraction of sp³-hybridized carbons (Fsp3) is 0.200. The van der Waals surface area contributed by atoms with E-state index in [-0.39, 0.29) is 0 Å². The van der Waals surface area contributed by atoms with Crippen LogP contribution >= 0.6 is 0 Å². The van der Waals surface area contributed by atoms with Gasteiger partial charge in [-0.15, -0.1) is 0 Å². The van der Waals surface area contributed by atoms with Crippen LogP contribution in [0.1, 0.15) is 6.42 Å². The molecule has 1 aromatic rings. The summed E-state index contributed by atoms with van der Waals surface area (Å²) in [6.45, 7) is 0.798. The second-order valence-corrected chi connectivity index (χ2v) is 3.00. The van der Waals surface area contributed by atoms with Crippen molar-refractivity contribution in [3.05, 3.63) is 42.3 Å². The van der Waals surface area contributed by atoms with Crippen molar-refractivity contribution < 1.29 is 5.11 Å². The summed E-state index contributed by atoms with van der Waals surface area (Å²) >= 11 is 0. The molecule has 0 radical (unpaired) electrons. The zero-order valence-electron chi connectivity index (χ0n) is 7.27. The van der Waals surface area contributed by atoms with Gasteiger partial charge in [0, 0.05) is 13.0 Å². The van der Waals surface area contributed by atoms with Crippen molar-refractivity contribution in [2.75, 3.05) is 11.6 Å². The van der Waals surface area contributed by atoms with Crippen molar-refractivity contribution in [1.29, 1.82) is 0 Å².